The average molecular weight is 431 g/mol. The Morgan fingerprint density at radius 2 is 0.969 bits per heavy atom. The Hall–Kier alpha value is -4.33. The normalized spacial score (nSPS) is 10.7. The van der Waals surface area contributed by atoms with Gasteiger partial charge in [-0.15, -0.1) is 0 Å². The Morgan fingerprint density at radius 3 is 1.38 bits per heavy atom. The number of para-hydroxylation sites is 1. The molecule has 32 heavy (non-hydrogen) atoms. The van der Waals surface area contributed by atoms with Gasteiger partial charge in [0, 0.05) is 0 Å². The standard InChI is InChI=1S/C24H21N3O5/c1-16-6-4-5-7-21(16)27-23(29)25(17-8-12-19(31-2)13-9-17)22(28)26(24(27)30)18-10-14-20(32-3)15-11-18/h4-15H,1-3H3. The van der Waals surface area contributed by atoms with Gasteiger partial charge in [0.25, 0.3) is 0 Å². The molecule has 0 unspecified atom stereocenters. The van der Waals surface area contributed by atoms with E-state index in [1.165, 1.54) is 14.2 Å². The molecule has 0 spiro atoms. The third-order valence-corrected chi connectivity index (χ3v) is 5.17. The molecular formula is C24H21N3O5. The van der Waals surface area contributed by atoms with Crippen LogP contribution >= 0.6 is 0 Å². The van der Waals surface area contributed by atoms with Crippen LogP contribution in [0.3, 0.4) is 0 Å². The number of nitrogens with zero attached hydrogens (tertiary/aromatic N) is 3. The molecule has 0 radical (unpaired) electrons. The van der Waals surface area contributed by atoms with E-state index < -0.39 is 17.1 Å². The van der Waals surface area contributed by atoms with Gasteiger partial charge in [0.15, 0.2) is 0 Å². The highest BCUT2D eigenvalue weighted by atomic mass is 16.5. The molecule has 0 atom stereocenters. The molecule has 1 aromatic heterocycles. The van der Waals surface area contributed by atoms with Gasteiger partial charge < -0.3 is 9.47 Å². The molecule has 1 heterocycles. The molecule has 4 aromatic rings. The van der Waals surface area contributed by atoms with Crippen LogP contribution in [0, 0.1) is 6.92 Å². The summed E-state index contributed by atoms with van der Waals surface area (Å²) in [5, 5.41) is 0. The number of ether oxygens (including phenoxy) is 2. The largest absolute Gasteiger partial charge is 0.497 e. The second-order valence-electron chi connectivity index (χ2n) is 7.04. The Balaban J connectivity index is 2.11. The summed E-state index contributed by atoms with van der Waals surface area (Å²) in [5.74, 6) is 1.15. The van der Waals surface area contributed by atoms with E-state index in [1.54, 1.807) is 73.7 Å². The summed E-state index contributed by atoms with van der Waals surface area (Å²) >= 11 is 0. The van der Waals surface area contributed by atoms with Crippen LogP contribution in [0.25, 0.3) is 17.1 Å². The monoisotopic (exact) mass is 431 g/mol. The van der Waals surface area contributed by atoms with Gasteiger partial charge in [0.05, 0.1) is 31.3 Å². The van der Waals surface area contributed by atoms with Crippen LogP contribution in [0.2, 0.25) is 0 Å². The van der Waals surface area contributed by atoms with Crippen molar-refractivity contribution in [2.75, 3.05) is 14.2 Å². The van der Waals surface area contributed by atoms with Crippen LogP contribution < -0.4 is 26.5 Å². The van der Waals surface area contributed by atoms with Gasteiger partial charge in [-0.25, -0.2) is 28.1 Å². The third-order valence-electron chi connectivity index (χ3n) is 5.17. The average Bonchev–Trinajstić information content (AvgIpc) is 2.81. The molecule has 0 saturated heterocycles. The van der Waals surface area contributed by atoms with Gasteiger partial charge in [-0.05, 0) is 67.1 Å². The molecule has 0 N–H and O–H groups in total. The lowest BCUT2D eigenvalue weighted by atomic mass is 10.2. The van der Waals surface area contributed by atoms with Gasteiger partial charge in [-0.3, -0.25) is 0 Å². The van der Waals surface area contributed by atoms with Crippen LogP contribution in [-0.2, 0) is 0 Å². The number of hydrogen-bond donors (Lipinski definition) is 0. The van der Waals surface area contributed by atoms with Crippen molar-refractivity contribution < 1.29 is 9.47 Å². The molecule has 0 saturated carbocycles. The summed E-state index contributed by atoms with van der Waals surface area (Å²) in [6.07, 6.45) is 0. The number of aromatic nitrogens is 3. The highest BCUT2D eigenvalue weighted by Crippen LogP contribution is 2.15. The van der Waals surface area contributed by atoms with E-state index >= 15 is 0 Å². The Bertz CT molecular complexity index is 1360. The van der Waals surface area contributed by atoms with Gasteiger partial charge in [-0.1, -0.05) is 18.2 Å². The fraction of sp³-hybridized carbons (Fsp3) is 0.125. The van der Waals surface area contributed by atoms with Gasteiger partial charge in [0.1, 0.15) is 11.5 Å². The summed E-state index contributed by atoms with van der Waals surface area (Å²) in [5.41, 5.74) is -0.565. The second-order valence-corrected chi connectivity index (χ2v) is 7.04. The first kappa shape index (κ1) is 20.9. The first-order chi connectivity index (χ1) is 15.5. The van der Waals surface area contributed by atoms with Crippen LogP contribution in [0.5, 0.6) is 11.5 Å². The minimum atomic E-state index is -0.778. The van der Waals surface area contributed by atoms with Crippen LogP contribution in [0.4, 0.5) is 0 Å². The van der Waals surface area contributed by atoms with E-state index in [2.05, 4.69) is 0 Å². The SMILES string of the molecule is COc1ccc(-n2c(=O)n(-c3ccc(OC)cc3)c(=O)n(-c3ccccc3C)c2=O)cc1. The van der Waals surface area contributed by atoms with E-state index in [1.807, 2.05) is 6.07 Å². The van der Waals surface area contributed by atoms with Gasteiger partial charge in [-0.2, -0.15) is 0 Å². The quantitative estimate of drug-likeness (QED) is 0.485. The lowest BCUT2D eigenvalue weighted by Crippen LogP contribution is -2.52. The zero-order chi connectivity index (χ0) is 22.8. The Kier molecular flexibility index (Phi) is 5.51. The topological polar surface area (TPSA) is 84.5 Å². The van der Waals surface area contributed by atoms with Crippen molar-refractivity contribution in [3.63, 3.8) is 0 Å². The lowest BCUT2D eigenvalue weighted by Gasteiger charge is -2.15. The molecule has 162 valence electrons. The van der Waals surface area contributed by atoms with Crippen LogP contribution in [-0.4, -0.2) is 27.9 Å². The molecule has 0 aliphatic rings. The molecular weight excluding hydrogens is 410 g/mol. The van der Waals surface area contributed by atoms with Crippen molar-refractivity contribution in [2.45, 2.75) is 6.92 Å². The summed E-state index contributed by atoms with van der Waals surface area (Å²) in [6.45, 7) is 1.79. The van der Waals surface area contributed by atoms with Crippen molar-refractivity contribution in [1.82, 2.24) is 13.7 Å². The molecule has 0 aliphatic heterocycles. The smallest absolute Gasteiger partial charge is 0.345 e. The maximum absolute atomic E-state index is 13.5. The maximum atomic E-state index is 13.5. The molecule has 8 heteroatoms. The predicted octanol–water partition coefficient (Wildman–Crippen LogP) is 2.46. The fourth-order valence-corrected chi connectivity index (χ4v) is 3.47. The highest BCUT2D eigenvalue weighted by molar-refractivity contribution is 5.43. The summed E-state index contributed by atoms with van der Waals surface area (Å²) in [4.78, 5) is 40.4. The van der Waals surface area contributed by atoms with Gasteiger partial charge in [0.2, 0.25) is 0 Å². The molecule has 0 aliphatic carbocycles. The summed E-state index contributed by atoms with van der Waals surface area (Å²) < 4.78 is 13.3. The van der Waals surface area contributed by atoms with Crippen molar-refractivity contribution >= 4 is 0 Å². The lowest BCUT2D eigenvalue weighted by molar-refractivity contribution is 0.414. The first-order valence-corrected chi connectivity index (χ1v) is 9.82. The summed E-state index contributed by atoms with van der Waals surface area (Å²) in [6, 6.07) is 19.9. The van der Waals surface area contributed by atoms with Crippen molar-refractivity contribution in [3.8, 4) is 28.6 Å². The van der Waals surface area contributed by atoms with E-state index in [-0.39, 0.29) is 0 Å². The van der Waals surface area contributed by atoms with Gasteiger partial charge >= 0.3 is 17.1 Å². The van der Waals surface area contributed by atoms with Crippen LogP contribution in [0.1, 0.15) is 5.56 Å². The molecule has 0 fully saturated rings. The fourth-order valence-electron chi connectivity index (χ4n) is 3.47. The van der Waals surface area contributed by atoms with Crippen molar-refractivity contribution in [2.24, 2.45) is 0 Å². The molecule has 8 nitrogen and oxygen atoms in total. The van der Waals surface area contributed by atoms with Crippen molar-refractivity contribution in [1.29, 1.82) is 0 Å². The highest BCUT2D eigenvalue weighted by Gasteiger charge is 2.20. The van der Waals surface area contributed by atoms with E-state index in [4.69, 9.17) is 9.47 Å². The zero-order valence-corrected chi connectivity index (χ0v) is 17.8. The van der Waals surface area contributed by atoms with E-state index in [0.29, 0.717) is 34.1 Å². The molecule has 3 aromatic carbocycles. The number of hydrogen-bond acceptors (Lipinski definition) is 5. The minimum Gasteiger partial charge on any atom is -0.497 e. The van der Waals surface area contributed by atoms with Crippen molar-refractivity contribution in [3.05, 3.63) is 110 Å². The Labute approximate surface area is 183 Å². The minimum absolute atomic E-state index is 0.311. The Morgan fingerprint density at radius 1 is 0.562 bits per heavy atom. The number of methoxy groups -OCH3 is 2. The number of rotatable bonds is 5. The third kappa shape index (κ3) is 3.51. The predicted molar refractivity (Wildman–Crippen MR) is 121 cm³/mol. The first-order valence-electron chi connectivity index (χ1n) is 9.82. The summed E-state index contributed by atoms with van der Waals surface area (Å²) in [7, 11) is 3.05. The zero-order valence-electron chi connectivity index (χ0n) is 17.8. The second kappa shape index (κ2) is 8.43. The number of benzene rings is 3. The molecule has 0 amide bonds. The number of aryl methyl sites for hydroxylation is 1. The van der Waals surface area contributed by atoms with Crippen LogP contribution in [0.15, 0.2) is 87.2 Å². The van der Waals surface area contributed by atoms with E-state index in [0.717, 1.165) is 13.7 Å². The molecule has 4 rings (SSSR count). The van der Waals surface area contributed by atoms with E-state index in [9.17, 15) is 14.4 Å². The molecule has 0 bridgehead atoms. The maximum Gasteiger partial charge on any atom is 0.345 e.